The lowest BCUT2D eigenvalue weighted by atomic mass is 10.1. The molecule has 0 heterocycles. The van der Waals surface area contributed by atoms with Gasteiger partial charge in [0.1, 0.15) is 6.04 Å². The summed E-state index contributed by atoms with van der Waals surface area (Å²) in [6.07, 6.45) is 0.900. The summed E-state index contributed by atoms with van der Waals surface area (Å²) in [7, 11) is 0. The van der Waals surface area contributed by atoms with E-state index >= 15 is 0 Å². The number of halogens is 1. The predicted molar refractivity (Wildman–Crippen MR) is 95.8 cm³/mol. The number of carbonyl (C=O) groups is 1. The summed E-state index contributed by atoms with van der Waals surface area (Å²) in [6, 6.07) is 14.0. The minimum Gasteiger partial charge on any atom is -0.332 e. The molecule has 0 bridgehead atoms. The van der Waals surface area contributed by atoms with Gasteiger partial charge in [-0.25, -0.2) is 0 Å². The zero-order chi connectivity index (χ0) is 16.8. The number of amides is 1. The van der Waals surface area contributed by atoms with Crippen LogP contribution in [0.15, 0.2) is 42.5 Å². The second-order valence-electron chi connectivity index (χ2n) is 5.76. The third kappa shape index (κ3) is 4.57. The Kier molecular flexibility index (Phi) is 6.20. The van der Waals surface area contributed by atoms with E-state index in [-0.39, 0.29) is 11.9 Å². The standard InChI is InChI=1S/C19H23ClN2O/c1-4-15-9-7-8-13(2)19(15)22-18(23)12-21-14(3)16-10-5-6-11-17(16)20/h5-11,14,21H,4,12H2,1-3H3,(H,22,23)/p+1/t14-/m1/s1. The number of hydrogen-bond donors (Lipinski definition) is 2. The summed E-state index contributed by atoms with van der Waals surface area (Å²) in [5, 5.41) is 5.79. The van der Waals surface area contributed by atoms with E-state index in [1.54, 1.807) is 0 Å². The lowest BCUT2D eigenvalue weighted by Gasteiger charge is -2.15. The fourth-order valence-corrected chi connectivity index (χ4v) is 2.96. The third-order valence-electron chi connectivity index (χ3n) is 4.06. The number of benzene rings is 2. The third-order valence-corrected chi connectivity index (χ3v) is 4.40. The van der Waals surface area contributed by atoms with Gasteiger partial charge in [-0.1, -0.05) is 54.9 Å². The topological polar surface area (TPSA) is 45.7 Å². The van der Waals surface area contributed by atoms with Gasteiger partial charge in [-0.2, -0.15) is 0 Å². The van der Waals surface area contributed by atoms with Gasteiger partial charge >= 0.3 is 0 Å². The minimum absolute atomic E-state index is 0.00732. The number of quaternary nitrogens is 1. The van der Waals surface area contributed by atoms with Gasteiger partial charge < -0.3 is 10.6 Å². The van der Waals surface area contributed by atoms with Gasteiger partial charge in [0.25, 0.3) is 5.91 Å². The van der Waals surface area contributed by atoms with Gasteiger partial charge in [0.05, 0.1) is 0 Å². The molecule has 0 spiro atoms. The molecule has 122 valence electrons. The van der Waals surface area contributed by atoms with Crippen LogP contribution in [0, 0.1) is 6.92 Å². The average molecular weight is 332 g/mol. The van der Waals surface area contributed by atoms with Crippen LogP contribution < -0.4 is 10.6 Å². The van der Waals surface area contributed by atoms with Crippen molar-refractivity contribution < 1.29 is 10.1 Å². The molecule has 2 aromatic carbocycles. The van der Waals surface area contributed by atoms with E-state index in [1.165, 1.54) is 0 Å². The first-order chi connectivity index (χ1) is 11.0. The van der Waals surface area contributed by atoms with Crippen LogP contribution in [0.4, 0.5) is 5.69 Å². The zero-order valence-electron chi connectivity index (χ0n) is 13.9. The second kappa shape index (κ2) is 8.14. The summed E-state index contributed by atoms with van der Waals surface area (Å²) in [5.74, 6) is 0.00732. The molecule has 0 unspecified atom stereocenters. The Balaban J connectivity index is 1.97. The highest BCUT2D eigenvalue weighted by atomic mass is 35.5. The molecule has 2 rings (SSSR count). The van der Waals surface area contributed by atoms with Crippen LogP contribution in [0.1, 0.15) is 36.6 Å². The maximum absolute atomic E-state index is 12.3. The molecule has 0 saturated heterocycles. The molecular weight excluding hydrogens is 308 g/mol. The molecule has 23 heavy (non-hydrogen) atoms. The van der Waals surface area contributed by atoms with E-state index in [2.05, 4.69) is 25.2 Å². The number of hydrogen-bond acceptors (Lipinski definition) is 1. The molecule has 0 aromatic heterocycles. The van der Waals surface area contributed by atoms with Crippen molar-refractivity contribution in [2.24, 2.45) is 0 Å². The minimum atomic E-state index is 0.00732. The van der Waals surface area contributed by atoms with Crippen molar-refractivity contribution >= 4 is 23.2 Å². The normalized spacial score (nSPS) is 12.0. The van der Waals surface area contributed by atoms with Crippen molar-refractivity contribution in [2.45, 2.75) is 33.2 Å². The van der Waals surface area contributed by atoms with Crippen LogP contribution in [0.3, 0.4) is 0 Å². The lowest BCUT2D eigenvalue weighted by Crippen LogP contribution is -2.86. The maximum atomic E-state index is 12.3. The first-order valence-corrected chi connectivity index (χ1v) is 8.36. The fourth-order valence-electron chi connectivity index (χ4n) is 2.65. The van der Waals surface area contributed by atoms with Gasteiger partial charge in [-0.15, -0.1) is 0 Å². The summed E-state index contributed by atoms with van der Waals surface area (Å²) in [6.45, 7) is 6.53. The summed E-state index contributed by atoms with van der Waals surface area (Å²) >= 11 is 6.20. The van der Waals surface area contributed by atoms with Crippen LogP contribution in [-0.4, -0.2) is 12.5 Å². The van der Waals surface area contributed by atoms with Crippen molar-refractivity contribution in [1.82, 2.24) is 0 Å². The van der Waals surface area contributed by atoms with E-state index < -0.39 is 0 Å². The average Bonchev–Trinajstić information content (AvgIpc) is 2.55. The first kappa shape index (κ1) is 17.5. The zero-order valence-corrected chi connectivity index (χ0v) is 14.7. The van der Waals surface area contributed by atoms with Crippen LogP contribution in [0.2, 0.25) is 5.02 Å². The van der Waals surface area contributed by atoms with Gasteiger partial charge in [-0.05, 0) is 37.5 Å². The Labute approximate surface area is 143 Å². The van der Waals surface area contributed by atoms with Crippen molar-refractivity contribution in [1.29, 1.82) is 0 Å². The number of nitrogens with one attached hydrogen (secondary N) is 1. The molecular formula is C19H24ClN2O+. The number of nitrogens with two attached hydrogens (primary N) is 1. The Morgan fingerprint density at radius 1 is 1.22 bits per heavy atom. The fraction of sp³-hybridized carbons (Fsp3) is 0.316. The Morgan fingerprint density at radius 3 is 2.65 bits per heavy atom. The predicted octanol–water partition coefficient (Wildman–Crippen LogP) is 3.47. The SMILES string of the molecule is CCc1cccc(C)c1NC(=O)C[NH2+][C@H](C)c1ccccc1Cl. The highest BCUT2D eigenvalue weighted by molar-refractivity contribution is 6.31. The molecule has 0 fully saturated rings. The lowest BCUT2D eigenvalue weighted by molar-refractivity contribution is -0.682. The number of para-hydroxylation sites is 1. The van der Waals surface area contributed by atoms with Crippen molar-refractivity contribution in [3.05, 3.63) is 64.2 Å². The molecule has 3 nitrogen and oxygen atoms in total. The van der Waals surface area contributed by atoms with Gasteiger partial charge in [0, 0.05) is 16.3 Å². The smallest absolute Gasteiger partial charge is 0.279 e. The number of carbonyl (C=O) groups excluding carboxylic acids is 1. The first-order valence-electron chi connectivity index (χ1n) is 7.99. The molecule has 1 amide bonds. The van der Waals surface area contributed by atoms with E-state index in [9.17, 15) is 4.79 Å². The van der Waals surface area contributed by atoms with Crippen molar-refractivity contribution in [3.63, 3.8) is 0 Å². The van der Waals surface area contributed by atoms with E-state index in [1.807, 2.05) is 48.6 Å². The Hall–Kier alpha value is -1.84. The van der Waals surface area contributed by atoms with E-state index in [4.69, 9.17) is 11.6 Å². The van der Waals surface area contributed by atoms with Crippen LogP contribution in [-0.2, 0) is 11.2 Å². The summed E-state index contributed by atoms with van der Waals surface area (Å²) in [4.78, 5) is 12.3. The largest absolute Gasteiger partial charge is 0.332 e. The summed E-state index contributed by atoms with van der Waals surface area (Å²) < 4.78 is 0. The highest BCUT2D eigenvalue weighted by Gasteiger charge is 2.15. The van der Waals surface area contributed by atoms with E-state index in [0.717, 1.165) is 33.8 Å². The van der Waals surface area contributed by atoms with Gasteiger partial charge in [0.2, 0.25) is 0 Å². The quantitative estimate of drug-likeness (QED) is 0.836. The maximum Gasteiger partial charge on any atom is 0.279 e. The van der Waals surface area contributed by atoms with Gasteiger partial charge in [-0.3, -0.25) is 4.79 Å². The molecule has 1 atom stereocenters. The monoisotopic (exact) mass is 331 g/mol. The van der Waals surface area contributed by atoms with Crippen LogP contribution >= 0.6 is 11.6 Å². The molecule has 0 aliphatic rings. The second-order valence-corrected chi connectivity index (χ2v) is 6.17. The number of rotatable bonds is 6. The highest BCUT2D eigenvalue weighted by Crippen LogP contribution is 2.21. The molecule has 0 saturated carbocycles. The van der Waals surface area contributed by atoms with Gasteiger partial charge in [0.15, 0.2) is 6.54 Å². The van der Waals surface area contributed by atoms with Crippen LogP contribution in [0.25, 0.3) is 0 Å². The molecule has 3 N–H and O–H groups in total. The Bertz CT molecular complexity index is 685. The summed E-state index contributed by atoms with van der Waals surface area (Å²) in [5.41, 5.74) is 4.25. The van der Waals surface area contributed by atoms with Crippen LogP contribution in [0.5, 0.6) is 0 Å². The Morgan fingerprint density at radius 2 is 1.96 bits per heavy atom. The molecule has 0 aliphatic carbocycles. The molecule has 2 aromatic rings. The molecule has 0 aliphatic heterocycles. The molecule has 0 radical (unpaired) electrons. The molecule has 4 heteroatoms. The van der Waals surface area contributed by atoms with E-state index in [0.29, 0.717) is 6.54 Å². The number of anilines is 1. The number of aryl methyl sites for hydroxylation is 2. The van der Waals surface area contributed by atoms with Crippen molar-refractivity contribution in [2.75, 3.05) is 11.9 Å². The van der Waals surface area contributed by atoms with Crippen molar-refractivity contribution in [3.8, 4) is 0 Å².